The first-order chi connectivity index (χ1) is 18.2. The van der Waals surface area contributed by atoms with Gasteiger partial charge in [-0.3, -0.25) is 9.97 Å². The van der Waals surface area contributed by atoms with Crippen molar-refractivity contribution in [3.8, 4) is 11.5 Å². The van der Waals surface area contributed by atoms with Crippen molar-refractivity contribution in [2.75, 3.05) is 0 Å². The number of pyridine rings is 3. The van der Waals surface area contributed by atoms with Gasteiger partial charge in [0.05, 0.1) is 11.3 Å². The monoisotopic (exact) mass is 672 g/mol. The molecule has 0 aliphatic carbocycles. The molecule has 5 aromatic heterocycles. The summed E-state index contributed by atoms with van der Waals surface area (Å²) >= 11 is 0. The molecule has 8 aromatic rings. The van der Waals surface area contributed by atoms with E-state index in [1.807, 2.05) is 47.3 Å². The first-order valence-electron chi connectivity index (χ1n) is 12.1. The first kappa shape index (κ1) is 22.9. The second-order valence-corrected chi connectivity index (χ2v) is 9.39. The van der Waals surface area contributed by atoms with E-state index in [1.165, 1.54) is 16.5 Å². The summed E-state index contributed by atoms with van der Waals surface area (Å²) in [5.41, 5.74) is 6.18. The fourth-order valence-corrected chi connectivity index (χ4v) is 5.35. The van der Waals surface area contributed by atoms with E-state index >= 15 is 0 Å². The maximum atomic E-state index is 6.31. The molecule has 0 spiro atoms. The van der Waals surface area contributed by atoms with Gasteiger partial charge >= 0.3 is 21.1 Å². The second kappa shape index (κ2) is 8.37. The number of rotatable bonds is 2. The van der Waals surface area contributed by atoms with Gasteiger partial charge in [-0.15, -0.1) is 12.1 Å². The molecule has 0 amide bonds. The van der Waals surface area contributed by atoms with Gasteiger partial charge in [-0.05, 0) is 47.9 Å². The van der Waals surface area contributed by atoms with Gasteiger partial charge in [0.1, 0.15) is 5.65 Å². The third-order valence-electron chi connectivity index (χ3n) is 7.25. The number of ether oxygens (including phenoxy) is 1. The Morgan fingerprint density at radius 3 is 1.97 bits per heavy atom. The van der Waals surface area contributed by atoms with Crippen molar-refractivity contribution < 1.29 is 25.8 Å². The maximum absolute atomic E-state index is 6.31. The van der Waals surface area contributed by atoms with Crippen LogP contribution in [0.2, 0.25) is 0 Å². The fourth-order valence-electron chi connectivity index (χ4n) is 5.35. The number of nitrogens with zero attached hydrogens (tertiary/aromatic N) is 5. The van der Waals surface area contributed by atoms with Crippen LogP contribution in [0.4, 0.5) is 0 Å². The predicted octanol–water partition coefficient (Wildman–Crippen LogP) is 7.00. The SMILES string of the molecule is Cc1cc2c3ccc(Oc4[c-]c5c(cc4)c4cccnc4n4ccnc54)[c-]c3c3nccn3c2cc1C.[Pt+2]. The van der Waals surface area contributed by atoms with Crippen LogP contribution in [0, 0.1) is 26.0 Å². The molecule has 3 aromatic carbocycles. The van der Waals surface area contributed by atoms with Gasteiger partial charge in [0.25, 0.3) is 0 Å². The van der Waals surface area contributed by atoms with Crippen LogP contribution in [-0.4, -0.2) is 23.8 Å². The molecule has 0 saturated heterocycles. The molecule has 0 radical (unpaired) electrons. The Morgan fingerprint density at radius 2 is 1.24 bits per heavy atom. The van der Waals surface area contributed by atoms with Gasteiger partial charge in [-0.2, -0.15) is 0 Å². The van der Waals surface area contributed by atoms with E-state index in [4.69, 9.17) is 4.74 Å². The molecule has 0 aliphatic heterocycles. The minimum Gasteiger partial charge on any atom is -0.497 e. The zero-order valence-electron chi connectivity index (χ0n) is 20.5. The summed E-state index contributed by atoms with van der Waals surface area (Å²) in [7, 11) is 0. The Kier molecular flexibility index (Phi) is 5.04. The van der Waals surface area contributed by atoms with Crippen LogP contribution in [0.25, 0.3) is 54.8 Å². The summed E-state index contributed by atoms with van der Waals surface area (Å²) in [5, 5.41) is 6.16. The molecule has 0 fully saturated rings. The number of aryl methyl sites for hydroxylation is 2. The Morgan fingerprint density at radius 1 is 0.632 bits per heavy atom. The van der Waals surface area contributed by atoms with Crippen molar-refractivity contribution >= 4 is 54.8 Å². The standard InChI is InChI=1S/C31H19N5O.Pt/c1-18-14-25-23-8-6-21(17-27(23)30-33-10-12-35(30)28(25)15-19(18)2)37-20-5-7-22-24-4-3-9-32-29(24)36-13-11-34-31(36)26(22)16-20;/h3-15H,1-2H3;/q-2;+2. The van der Waals surface area contributed by atoms with Gasteiger partial charge in [0, 0.05) is 48.0 Å². The maximum Gasteiger partial charge on any atom is 2.00 e. The third kappa shape index (κ3) is 3.20. The minimum atomic E-state index is 0. The summed E-state index contributed by atoms with van der Waals surface area (Å²) in [5.74, 6) is 1.21. The molecule has 7 heteroatoms. The van der Waals surface area contributed by atoms with E-state index in [9.17, 15) is 0 Å². The van der Waals surface area contributed by atoms with Crippen LogP contribution < -0.4 is 4.74 Å². The van der Waals surface area contributed by atoms with Crippen LogP contribution in [0.1, 0.15) is 11.1 Å². The molecule has 0 unspecified atom stereocenters. The number of fused-ring (bicyclic) bond motifs is 12. The van der Waals surface area contributed by atoms with Crippen molar-refractivity contribution in [3.05, 3.63) is 103 Å². The van der Waals surface area contributed by atoms with Crippen LogP contribution >= 0.6 is 0 Å². The summed E-state index contributed by atoms with van der Waals surface area (Å²) in [6, 6.07) is 23.5. The van der Waals surface area contributed by atoms with Crippen LogP contribution in [0.15, 0.2) is 79.5 Å². The zero-order valence-corrected chi connectivity index (χ0v) is 22.7. The first-order valence-corrected chi connectivity index (χ1v) is 12.1. The van der Waals surface area contributed by atoms with Crippen LogP contribution in [0.3, 0.4) is 0 Å². The van der Waals surface area contributed by atoms with Crippen molar-refractivity contribution in [3.63, 3.8) is 0 Å². The van der Waals surface area contributed by atoms with E-state index in [-0.39, 0.29) is 21.1 Å². The van der Waals surface area contributed by atoms with E-state index in [0.717, 1.165) is 49.4 Å². The summed E-state index contributed by atoms with van der Waals surface area (Å²) < 4.78 is 10.4. The fraction of sp³-hybridized carbons (Fsp3) is 0.0645. The molecule has 38 heavy (non-hydrogen) atoms. The molecular formula is C31H19N5OPt. The molecule has 0 N–H and O–H groups in total. The molecule has 8 rings (SSSR count). The average molecular weight is 673 g/mol. The molecule has 184 valence electrons. The normalized spacial score (nSPS) is 11.7. The smallest absolute Gasteiger partial charge is 0.497 e. The van der Waals surface area contributed by atoms with Crippen molar-refractivity contribution in [1.29, 1.82) is 0 Å². The number of benzene rings is 3. The van der Waals surface area contributed by atoms with E-state index in [0.29, 0.717) is 11.5 Å². The summed E-state index contributed by atoms with van der Waals surface area (Å²) in [6.45, 7) is 4.28. The van der Waals surface area contributed by atoms with Gasteiger partial charge in [0.2, 0.25) is 0 Å². The van der Waals surface area contributed by atoms with Crippen molar-refractivity contribution in [1.82, 2.24) is 23.8 Å². The Hall–Kier alpha value is -4.28. The Balaban J connectivity index is 0.00000242. The summed E-state index contributed by atoms with van der Waals surface area (Å²) in [4.78, 5) is 13.8. The molecular weight excluding hydrogens is 653 g/mol. The van der Waals surface area contributed by atoms with Crippen molar-refractivity contribution in [2.24, 2.45) is 0 Å². The van der Waals surface area contributed by atoms with Gasteiger partial charge in [-0.1, -0.05) is 57.9 Å². The number of hydrogen-bond donors (Lipinski definition) is 0. The van der Waals surface area contributed by atoms with Crippen molar-refractivity contribution in [2.45, 2.75) is 13.8 Å². The van der Waals surface area contributed by atoms with Gasteiger partial charge in [0.15, 0.2) is 0 Å². The summed E-state index contributed by atoms with van der Waals surface area (Å²) in [6.07, 6.45) is 9.33. The van der Waals surface area contributed by atoms with Gasteiger partial charge in [-0.25, -0.2) is 4.98 Å². The van der Waals surface area contributed by atoms with E-state index < -0.39 is 0 Å². The Bertz CT molecular complexity index is 2210. The van der Waals surface area contributed by atoms with E-state index in [2.05, 4.69) is 69.6 Å². The molecule has 0 aliphatic rings. The molecule has 0 saturated carbocycles. The van der Waals surface area contributed by atoms with Gasteiger partial charge < -0.3 is 13.5 Å². The van der Waals surface area contributed by atoms with Crippen LogP contribution in [-0.2, 0) is 21.1 Å². The Labute approximate surface area is 231 Å². The van der Waals surface area contributed by atoms with E-state index in [1.54, 1.807) is 12.4 Å². The number of hydrogen-bond acceptors (Lipinski definition) is 4. The minimum absolute atomic E-state index is 0. The van der Waals surface area contributed by atoms with Crippen LogP contribution in [0.5, 0.6) is 11.5 Å². The third-order valence-corrected chi connectivity index (χ3v) is 7.25. The molecule has 0 atom stereocenters. The number of aromatic nitrogens is 5. The predicted molar refractivity (Wildman–Crippen MR) is 145 cm³/mol. The zero-order chi connectivity index (χ0) is 24.7. The largest absolute Gasteiger partial charge is 2.00 e. The second-order valence-electron chi connectivity index (χ2n) is 9.39. The molecule has 5 heterocycles. The quantitative estimate of drug-likeness (QED) is 0.147. The topological polar surface area (TPSA) is 56.7 Å². The molecule has 0 bridgehead atoms. The molecule has 6 nitrogen and oxygen atoms in total. The number of imidazole rings is 2. The average Bonchev–Trinajstić information content (AvgIpc) is 3.61.